The number of rotatable bonds is 10. The highest BCUT2D eigenvalue weighted by molar-refractivity contribution is 5.98. The van der Waals surface area contributed by atoms with E-state index in [-0.39, 0.29) is 12.0 Å². The zero-order chi connectivity index (χ0) is 57.2. The monoisotopic (exact) mass is 1090 g/mol. The van der Waals surface area contributed by atoms with Gasteiger partial charge in [-0.2, -0.15) is 10.5 Å². The summed E-state index contributed by atoms with van der Waals surface area (Å²) >= 11 is 0. The summed E-state index contributed by atoms with van der Waals surface area (Å²) in [5, 5.41) is 30.5. The molecular weight excluding hydrogens is 1040 g/mol. The maximum Gasteiger partial charge on any atom is 0.0992 e. The van der Waals surface area contributed by atoms with Gasteiger partial charge in [0, 0.05) is 34.1 Å². The van der Waals surface area contributed by atoms with Gasteiger partial charge in [-0.05, 0) is 195 Å². The zero-order valence-corrected chi connectivity index (χ0v) is 46.8. The Bertz CT molecular complexity index is 5180. The molecule has 12 aromatic rings. The standard InChI is InChI=1S/C82H52N4/c83-51-53-11-9-21-71(43-53)85(79-41-35-67(65-27-23-55-13-1-5-17-61(55)45-65)49-75(79)69-29-25-57-15-3-7-19-63(57)47-69)77-39-33-59-32-38-74-78(40-34-60-31-37-73(77)81(59)82(60)74)86(72-22-10-12-54(44-72)52-84)80-42-36-68(66-28-24-56-14-2-6-18-62(56)46-66)50-76(80)70-30-26-58-16-4-8-20-64(58)48-70/h1-50,77,82H. The first kappa shape index (κ1) is 50.2. The van der Waals surface area contributed by atoms with Crippen molar-refractivity contribution >= 4 is 65.8 Å². The maximum atomic E-state index is 10.5. The van der Waals surface area contributed by atoms with E-state index in [0.717, 1.165) is 83.9 Å². The Hall–Kier alpha value is -11.6. The zero-order valence-electron chi connectivity index (χ0n) is 46.8. The average Bonchev–Trinajstić information content (AvgIpc) is 0.860. The number of benzene rings is 12. The fourth-order valence-corrected chi connectivity index (χ4v) is 13.6. The lowest BCUT2D eigenvalue weighted by Crippen LogP contribution is -2.37. The number of fused-ring (bicyclic) bond motifs is 4. The summed E-state index contributed by atoms with van der Waals surface area (Å²) in [6.07, 6.45) is 18.5. The Balaban J connectivity index is 0.867. The number of hydrogen-bond donors (Lipinski definition) is 0. The van der Waals surface area contributed by atoms with E-state index >= 15 is 0 Å². The summed E-state index contributed by atoms with van der Waals surface area (Å²) < 4.78 is 0. The highest BCUT2D eigenvalue weighted by atomic mass is 15.2. The van der Waals surface area contributed by atoms with Gasteiger partial charge in [0.05, 0.1) is 40.7 Å². The van der Waals surface area contributed by atoms with E-state index in [2.05, 4.69) is 289 Å². The lowest BCUT2D eigenvalue weighted by molar-refractivity contribution is 0.773. The van der Waals surface area contributed by atoms with E-state index in [1.165, 1.54) is 60.0 Å². The Morgan fingerprint density at radius 1 is 0.349 bits per heavy atom. The molecule has 0 saturated carbocycles. The predicted molar refractivity (Wildman–Crippen MR) is 356 cm³/mol. The molecule has 12 aromatic carbocycles. The molecule has 0 N–H and O–H groups in total. The molecule has 0 fully saturated rings. The largest absolute Gasteiger partial charge is 0.330 e. The van der Waals surface area contributed by atoms with Crippen LogP contribution in [0.2, 0.25) is 0 Å². The molecule has 0 spiro atoms. The number of nitrogens with zero attached hydrogens (tertiary/aromatic N) is 4. The first-order valence-corrected chi connectivity index (χ1v) is 29.3. The van der Waals surface area contributed by atoms with Gasteiger partial charge >= 0.3 is 0 Å². The summed E-state index contributed by atoms with van der Waals surface area (Å²) in [5.74, 6) is -0.118. The van der Waals surface area contributed by atoms with E-state index in [9.17, 15) is 10.5 Å². The Labute approximate surface area is 500 Å². The minimum Gasteiger partial charge on any atom is -0.330 e. The van der Waals surface area contributed by atoms with Crippen LogP contribution < -0.4 is 9.80 Å². The molecule has 86 heavy (non-hydrogen) atoms. The van der Waals surface area contributed by atoms with Crippen molar-refractivity contribution in [3.63, 3.8) is 0 Å². The summed E-state index contributed by atoms with van der Waals surface area (Å²) in [4.78, 5) is 4.84. The first-order valence-electron chi connectivity index (χ1n) is 29.3. The van der Waals surface area contributed by atoms with Crippen LogP contribution in [0.25, 0.3) is 87.6 Å². The number of nitriles is 2. The van der Waals surface area contributed by atoms with E-state index < -0.39 is 0 Å². The number of allylic oxidation sites excluding steroid dienone is 10. The third-order valence-corrected chi connectivity index (χ3v) is 17.7. The van der Waals surface area contributed by atoms with Crippen LogP contribution in [0.15, 0.2) is 337 Å². The van der Waals surface area contributed by atoms with Crippen LogP contribution in [0.5, 0.6) is 0 Å². The molecule has 4 nitrogen and oxygen atoms in total. The lowest BCUT2D eigenvalue weighted by Gasteiger charge is -2.44. The highest BCUT2D eigenvalue weighted by Gasteiger charge is 2.41. The highest BCUT2D eigenvalue weighted by Crippen LogP contribution is 2.54. The lowest BCUT2D eigenvalue weighted by atomic mass is 9.67. The van der Waals surface area contributed by atoms with E-state index in [1.807, 2.05) is 36.4 Å². The molecule has 16 rings (SSSR count). The predicted octanol–water partition coefficient (Wildman–Crippen LogP) is 20.8. The Kier molecular flexibility index (Phi) is 12.1. The van der Waals surface area contributed by atoms with Crippen molar-refractivity contribution in [2.45, 2.75) is 6.04 Å². The van der Waals surface area contributed by atoms with Crippen molar-refractivity contribution in [1.29, 1.82) is 10.5 Å². The molecule has 0 aliphatic heterocycles. The molecule has 0 bridgehead atoms. The maximum absolute atomic E-state index is 10.5. The fraction of sp³-hybridized carbons (Fsp3) is 0.0244. The van der Waals surface area contributed by atoms with Gasteiger partial charge in [0.1, 0.15) is 0 Å². The SMILES string of the molecule is N#Cc1cccc(N(C2=C3C=CC4=C5C(=CC=C(C=C2)C35)C(N(c2cccc(C#N)c2)c2ccc(-c3ccc5ccccc5c3)cc2-c2ccc3ccccc3c2)C=C4)c2ccc(-c3ccc4ccccc4c3)cc2-c2ccc3ccccc3c2)c1. The number of hydrogen-bond acceptors (Lipinski definition) is 4. The second-order valence-electron chi connectivity index (χ2n) is 22.6. The second-order valence-corrected chi connectivity index (χ2v) is 22.6. The molecule has 0 heterocycles. The fourth-order valence-electron chi connectivity index (χ4n) is 13.6. The van der Waals surface area contributed by atoms with Crippen molar-refractivity contribution in [3.8, 4) is 56.6 Å². The molecule has 4 aliphatic rings. The average molecular weight is 1090 g/mol. The van der Waals surface area contributed by atoms with Crippen molar-refractivity contribution in [3.05, 3.63) is 348 Å². The van der Waals surface area contributed by atoms with Gasteiger partial charge in [0.15, 0.2) is 0 Å². The van der Waals surface area contributed by atoms with Crippen LogP contribution >= 0.6 is 0 Å². The molecule has 0 aromatic heterocycles. The van der Waals surface area contributed by atoms with Gasteiger partial charge in [-0.1, -0.05) is 212 Å². The normalized spacial score (nSPS) is 15.6. The molecule has 2 unspecified atom stereocenters. The van der Waals surface area contributed by atoms with Crippen LogP contribution in [0.1, 0.15) is 11.1 Å². The first-order chi connectivity index (χ1) is 42.5. The van der Waals surface area contributed by atoms with Gasteiger partial charge in [0.2, 0.25) is 0 Å². The number of anilines is 4. The van der Waals surface area contributed by atoms with E-state index in [0.29, 0.717) is 11.1 Å². The van der Waals surface area contributed by atoms with Crippen LogP contribution in [-0.2, 0) is 0 Å². The molecule has 0 radical (unpaired) electrons. The molecule has 400 valence electrons. The van der Waals surface area contributed by atoms with Crippen molar-refractivity contribution < 1.29 is 0 Å². The molecule has 4 heteroatoms. The summed E-state index contributed by atoms with van der Waals surface area (Å²) in [6.45, 7) is 0. The minimum atomic E-state index is -0.279. The smallest absolute Gasteiger partial charge is 0.0992 e. The molecule has 0 saturated heterocycles. The van der Waals surface area contributed by atoms with Crippen molar-refractivity contribution in [2.24, 2.45) is 5.92 Å². The van der Waals surface area contributed by atoms with Gasteiger partial charge in [-0.25, -0.2) is 0 Å². The third kappa shape index (κ3) is 8.68. The third-order valence-electron chi connectivity index (χ3n) is 17.7. The molecular formula is C82H52N4. The summed E-state index contributed by atoms with van der Waals surface area (Å²) in [5.41, 5.74) is 20.9. The topological polar surface area (TPSA) is 54.1 Å². The van der Waals surface area contributed by atoms with E-state index in [1.54, 1.807) is 0 Å². The van der Waals surface area contributed by atoms with Crippen LogP contribution in [0, 0.1) is 28.6 Å². The van der Waals surface area contributed by atoms with Gasteiger partial charge in [0.25, 0.3) is 0 Å². The van der Waals surface area contributed by atoms with Crippen molar-refractivity contribution in [2.75, 3.05) is 9.80 Å². The molecule has 2 atom stereocenters. The van der Waals surface area contributed by atoms with Crippen LogP contribution in [0.4, 0.5) is 22.7 Å². The van der Waals surface area contributed by atoms with Crippen LogP contribution in [0.3, 0.4) is 0 Å². The van der Waals surface area contributed by atoms with Crippen molar-refractivity contribution in [1.82, 2.24) is 0 Å². The summed E-state index contributed by atoms with van der Waals surface area (Å²) in [6, 6.07) is 95.7. The van der Waals surface area contributed by atoms with Gasteiger partial charge in [-0.3, -0.25) is 0 Å². The van der Waals surface area contributed by atoms with Gasteiger partial charge in [-0.15, -0.1) is 0 Å². The van der Waals surface area contributed by atoms with E-state index in [4.69, 9.17) is 0 Å². The summed E-state index contributed by atoms with van der Waals surface area (Å²) in [7, 11) is 0. The minimum absolute atomic E-state index is 0.118. The quantitative estimate of drug-likeness (QED) is 0.137. The molecule has 4 aliphatic carbocycles. The Morgan fingerprint density at radius 2 is 0.814 bits per heavy atom. The van der Waals surface area contributed by atoms with Crippen LogP contribution in [-0.4, -0.2) is 6.04 Å². The van der Waals surface area contributed by atoms with Gasteiger partial charge < -0.3 is 9.80 Å². The Morgan fingerprint density at radius 3 is 1.37 bits per heavy atom. The second kappa shape index (κ2) is 20.7. The molecule has 0 amide bonds.